The summed E-state index contributed by atoms with van der Waals surface area (Å²) in [4.78, 5) is 42.3. The molecule has 2 aromatic carbocycles. The molecule has 0 saturated heterocycles. The number of halogens is 1. The molecule has 0 unspecified atom stereocenters. The number of nitrogens with zero attached hydrogens (tertiary/aromatic N) is 1. The summed E-state index contributed by atoms with van der Waals surface area (Å²) in [6.45, 7) is 5.72. The van der Waals surface area contributed by atoms with Crippen LogP contribution in [0, 0.1) is 9.49 Å². The maximum atomic E-state index is 13.6. The van der Waals surface area contributed by atoms with E-state index in [1.165, 1.54) is 0 Å². The van der Waals surface area contributed by atoms with Crippen molar-refractivity contribution < 1.29 is 19.1 Å². The maximum absolute atomic E-state index is 13.6. The van der Waals surface area contributed by atoms with Crippen LogP contribution in [0.1, 0.15) is 37.8 Å². The van der Waals surface area contributed by atoms with Crippen LogP contribution in [-0.2, 0) is 27.2 Å². The fourth-order valence-corrected chi connectivity index (χ4v) is 5.33. The Hall–Kier alpha value is -2.70. The molecule has 1 heterocycles. The minimum Gasteiger partial charge on any atom is -0.492 e. The van der Waals surface area contributed by atoms with E-state index in [0.717, 1.165) is 33.3 Å². The van der Waals surface area contributed by atoms with E-state index in [0.29, 0.717) is 39.1 Å². The van der Waals surface area contributed by atoms with Gasteiger partial charge in [0.15, 0.2) is 0 Å². The van der Waals surface area contributed by atoms with Crippen LogP contribution in [0.15, 0.2) is 48.5 Å². The molecule has 41 heavy (non-hydrogen) atoms. The molecule has 0 saturated carbocycles. The summed E-state index contributed by atoms with van der Waals surface area (Å²) >= 11 is 2.26. The van der Waals surface area contributed by atoms with Gasteiger partial charge in [0, 0.05) is 16.7 Å². The molecule has 9 nitrogen and oxygen atoms in total. The first-order valence-electron chi connectivity index (χ1n) is 14.4. The fraction of sp³-hybridized carbons (Fsp3) is 0.516. The zero-order chi connectivity index (χ0) is 29.8. The highest BCUT2D eigenvalue weighted by atomic mass is 127. The van der Waals surface area contributed by atoms with E-state index in [2.05, 4.69) is 43.9 Å². The molecule has 0 aromatic heterocycles. The zero-order valence-electron chi connectivity index (χ0n) is 24.5. The number of hydrogen-bond acceptors (Lipinski definition) is 6. The van der Waals surface area contributed by atoms with Gasteiger partial charge in [0.1, 0.15) is 24.4 Å². The number of benzene rings is 2. The Kier molecular flexibility index (Phi) is 13.3. The van der Waals surface area contributed by atoms with E-state index in [1.807, 2.05) is 81.4 Å². The summed E-state index contributed by atoms with van der Waals surface area (Å²) in [5, 5.41) is 12.3. The molecule has 0 radical (unpaired) electrons. The van der Waals surface area contributed by atoms with Crippen molar-refractivity contribution >= 4 is 40.3 Å². The smallest absolute Gasteiger partial charge is 0.243 e. The van der Waals surface area contributed by atoms with Gasteiger partial charge >= 0.3 is 0 Å². The third kappa shape index (κ3) is 10.9. The van der Waals surface area contributed by atoms with Crippen LogP contribution in [0.25, 0.3) is 0 Å². The second-order valence-electron chi connectivity index (χ2n) is 11.1. The van der Waals surface area contributed by atoms with Gasteiger partial charge in [0.25, 0.3) is 0 Å². The zero-order valence-corrected chi connectivity index (χ0v) is 26.7. The summed E-state index contributed by atoms with van der Waals surface area (Å²) in [6, 6.07) is 13.8. The lowest BCUT2D eigenvalue weighted by Gasteiger charge is -2.28. The van der Waals surface area contributed by atoms with Crippen LogP contribution in [0.3, 0.4) is 0 Å². The molecule has 0 bridgehead atoms. The van der Waals surface area contributed by atoms with Crippen molar-refractivity contribution in [3.8, 4) is 5.75 Å². The number of hydrogen-bond donors (Lipinski definition) is 4. The average molecular weight is 678 g/mol. The van der Waals surface area contributed by atoms with Gasteiger partial charge in [-0.15, -0.1) is 0 Å². The van der Waals surface area contributed by atoms with E-state index < -0.39 is 18.1 Å². The first-order chi connectivity index (χ1) is 19.6. The predicted molar refractivity (Wildman–Crippen MR) is 170 cm³/mol. The van der Waals surface area contributed by atoms with E-state index in [1.54, 1.807) is 0 Å². The van der Waals surface area contributed by atoms with Gasteiger partial charge in [-0.3, -0.25) is 14.4 Å². The van der Waals surface area contributed by atoms with Gasteiger partial charge in [-0.05, 0) is 104 Å². The summed E-state index contributed by atoms with van der Waals surface area (Å²) < 4.78 is 7.19. The highest BCUT2D eigenvalue weighted by Crippen LogP contribution is 2.19. The normalized spacial score (nSPS) is 21.6. The van der Waals surface area contributed by atoms with Gasteiger partial charge < -0.3 is 30.9 Å². The van der Waals surface area contributed by atoms with Crippen molar-refractivity contribution in [1.29, 1.82) is 0 Å². The van der Waals surface area contributed by atoms with E-state index in [4.69, 9.17) is 4.74 Å². The molecule has 3 atom stereocenters. The number of carbonyl (C=O) groups is 3. The summed E-state index contributed by atoms with van der Waals surface area (Å²) in [5.74, 6) is -0.235. The Bertz CT molecular complexity index is 1160. The van der Waals surface area contributed by atoms with Crippen molar-refractivity contribution in [1.82, 2.24) is 26.2 Å². The van der Waals surface area contributed by atoms with Gasteiger partial charge in [-0.1, -0.05) is 44.2 Å². The number of fused-ring (bicyclic) bond motifs is 1. The summed E-state index contributed by atoms with van der Waals surface area (Å²) in [5.41, 5.74) is 2.08. The molecule has 2 aromatic rings. The quantitative estimate of drug-likeness (QED) is 0.350. The lowest BCUT2D eigenvalue weighted by Crippen LogP contribution is -2.58. The summed E-state index contributed by atoms with van der Waals surface area (Å²) in [7, 11) is 3.86. The fourth-order valence-electron chi connectivity index (χ4n) is 4.72. The van der Waals surface area contributed by atoms with Crippen LogP contribution >= 0.6 is 22.6 Å². The third-order valence-corrected chi connectivity index (χ3v) is 7.71. The lowest BCUT2D eigenvalue weighted by atomic mass is 10.00. The second-order valence-corrected chi connectivity index (χ2v) is 12.3. The molecule has 224 valence electrons. The van der Waals surface area contributed by atoms with Crippen LogP contribution in [0.4, 0.5) is 0 Å². The van der Waals surface area contributed by atoms with Crippen molar-refractivity contribution in [3.63, 3.8) is 0 Å². The number of amides is 3. The molecule has 1 aliphatic rings. The predicted octanol–water partition coefficient (Wildman–Crippen LogP) is 2.51. The Balaban J connectivity index is 1.87. The molecule has 4 N–H and O–H groups in total. The van der Waals surface area contributed by atoms with Crippen molar-refractivity contribution in [2.45, 2.75) is 57.7 Å². The van der Waals surface area contributed by atoms with E-state index in [-0.39, 0.29) is 23.6 Å². The number of rotatable bonds is 6. The Morgan fingerprint density at radius 1 is 0.951 bits per heavy atom. The van der Waals surface area contributed by atoms with Gasteiger partial charge in [0.2, 0.25) is 17.7 Å². The first-order valence-corrected chi connectivity index (χ1v) is 15.4. The molecule has 10 heteroatoms. The second kappa shape index (κ2) is 16.7. The first kappa shape index (κ1) is 32.8. The summed E-state index contributed by atoms with van der Waals surface area (Å²) in [6.07, 6.45) is 2.39. The Morgan fingerprint density at radius 3 is 2.46 bits per heavy atom. The monoisotopic (exact) mass is 677 g/mol. The average Bonchev–Trinajstić information content (AvgIpc) is 2.93. The number of ether oxygens (including phenoxy) is 1. The van der Waals surface area contributed by atoms with Crippen LogP contribution < -0.4 is 26.0 Å². The van der Waals surface area contributed by atoms with Gasteiger partial charge in [-0.2, -0.15) is 0 Å². The minimum atomic E-state index is -0.792. The lowest BCUT2D eigenvalue weighted by molar-refractivity contribution is -0.133. The Morgan fingerprint density at radius 2 is 1.73 bits per heavy atom. The molecule has 3 amide bonds. The van der Waals surface area contributed by atoms with Gasteiger partial charge in [-0.25, -0.2) is 0 Å². The third-order valence-electron chi connectivity index (χ3n) is 7.04. The molecular weight excluding hydrogens is 633 g/mol. The largest absolute Gasteiger partial charge is 0.492 e. The molecular formula is C31H44IN5O4. The highest BCUT2D eigenvalue weighted by molar-refractivity contribution is 14.1. The van der Waals surface area contributed by atoms with Crippen molar-refractivity contribution in [2.75, 3.05) is 40.3 Å². The number of carbonyl (C=O) groups excluding carboxylic acids is 3. The molecule has 3 rings (SSSR count). The highest BCUT2D eigenvalue weighted by Gasteiger charge is 2.31. The Labute approximate surface area is 257 Å². The standard InChI is InChI=1S/C31H44IN5O4/c1-21(2)28-31(40)35-25(14-17-37(3)4)29(38)34-15-8-11-23-10-5-6-13-27(23)41-18-16-33-26(30(39)36-28)20-22-9-7-12-24(32)19-22/h5-7,9-10,12-13,19,21,25-26,28,33H,8,11,14-18,20H2,1-4H3,(H,34,38)(H,35,40)(H,36,39)/t25-,26+,28+/m0/s1. The van der Waals surface area contributed by atoms with E-state index in [9.17, 15) is 14.4 Å². The number of nitrogens with one attached hydrogen (secondary N) is 4. The maximum Gasteiger partial charge on any atom is 0.243 e. The van der Waals surface area contributed by atoms with Crippen LogP contribution in [-0.4, -0.2) is 81.1 Å². The molecule has 0 spiro atoms. The number of aryl methyl sites for hydroxylation is 1. The van der Waals surface area contributed by atoms with Gasteiger partial charge in [0.05, 0.1) is 6.04 Å². The van der Waals surface area contributed by atoms with E-state index >= 15 is 0 Å². The topological polar surface area (TPSA) is 112 Å². The van der Waals surface area contributed by atoms with Crippen LogP contribution in [0.5, 0.6) is 5.75 Å². The van der Waals surface area contributed by atoms with Crippen LogP contribution in [0.2, 0.25) is 0 Å². The molecule has 0 fully saturated rings. The van der Waals surface area contributed by atoms with Crippen molar-refractivity contribution in [2.24, 2.45) is 5.92 Å². The minimum absolute atomic E-state index is 0.180. The van der Waals surface area contributed by atoms with Crippen molar-refractivity contribution in [3.05, 3.63) is 63.2 Å². The number of para-hydroxylation sites is 1. The molecule has 0 aliphatic carbocycles. The SMILES string of the molecule is CC(C)[C@H]1NC(=O)[C@@H](Cc2cccc(I)c2)NCCOc2ccccc2CCCNC(=O)[C@H](CCN(C)C)NC1=O. The molecule has 1 aliphatic heterocycles.